The van der Waals surface area contributed by atoms with E-state index in [9.17, 15) is 13.2 Å². The number of nitrogens with zero attached hydrogens (tertiary/aromatic N) is 1. The van der Waals surface area contributed by atoms with Crippen molar-refractivity contribution in [3.8, 4) is 5.75 Å². The molecule has 1 heterocycles. The number of hydrogen-bond acceptors (Lipinski definition) is 4. The number of sulfonamides is 1. The summed E-state index contributed by atoms with van der Waals surface area (Å²) in [6.07, 6.45) is 0.892. The molecule has 1 saturated heterocycles. The first-order valence-corrected chi connectivity index (χ1v) is 10.4. The van der Waals surface area contributed by atoms with Gasteiger partial charge in [-0.15, -0.1) is 0 Å². The smallest absolute Gasteiger partial charge is 0.249 e. The molecule has 1 atom stereocenters. The van der Waals surface area contributed by atoms with Gasteiger partial charge in [0.05, 0.1) is 12.3 Å². The predicted molar refractivity (Wildman–Crippen MR) is 107 cm³/mol. The number of anilines is 2. The quantitative estimate of drug-likeness (QED) is 0.852. The lowest BCUT2D eigenvalue weighted by Crippen LogP contribution is -2.57. The highest BCUT2D eigenvalue weighted by Gasteiger charge is 2.51. The standard InChI is InChI=1S/C20H24N2O4S/c1-3-26-18-12-10-16(11-13-18)21-19(23)20(2)14-7-15-22(27(20,24)25)17-8-5-4-6-9-17/h4-6,8-13H,3,7,14-15H2,1-2H3,(H,21,23)/t20-/m0/s1. The Morgan fingerprint density at radius 2 is 1.81 bits per heavy atom. The molecule has 1 amide bonds. The van der Waals surface area contributed by atoms with Crippen LogP contribution in [0.4, 0.5) is 11.4 Å². The summed E-state index contributed by atoms with van der Waals surface area (Å²) in [6, 6.07) is 15.8. The molecule has 6 nitrogen and oxygen atoms in total. The average Bonchev–Trinajstić information content (AvgIpc) is 2.66. The van der Waals surface area contributed by atoms with Crippen LogP contribution < -0.4 is 14.4 Å². The Morgan fingerprint density at radius 3 is 2.44 bits per heavy atom. The Bertz CT molecular complexity index is 897. The van der Waals surface area contributed by atoms with Crippen LogP contribution in [0.25, 0.3) is 0 Å². The average molecular weight is 388 g/mol. The minimum Gasteiger partial charge on any atom is -0.494 e. The number of benzene rings is 2. The summed E-state index contributed by atoms with van der Waals surface area (Å²) in [5, 5.41) is 2.75. The molecule has 7 heteroatoms. The molecule has 0 aromatic heterocycles. The summed E-state index contributed by atoms with van der Waals surface area (Å²) in [5.74, 6) is 0.176. The highest BCUT2D eigenvalue weighted by molar-refractivity contribution is 7.95. The van der Waals surface area contributed by atoms with Gasteiger partial charge in [-0.3, -0.25) is 9.10 Å². The van der Waals surface area contributed by atoms with Crippen molar-refractivity contribution in [2.75, 3.05) is 22.8 Å². The van der Waals surface area contributed by atoms with Gasteiger partial charge in [0.1, 0.15) is 5.75 Å². The van der Waals surface area contributed by atoms with E-state index in [1.54, 1.807) is 48.5 Å². The maximum Gasteiger partial charge on any atom is 0.249 e. The van der Waals surface area contributed by atoms with Gasteiger partial charge < -0.3 is 10.1 Å². The van der Waals surface area contributed by atoms with Gasteiger partial charge >= 0.3 is 0 Å². The van der Waals surface area contributed by atoms with Crippen molar-refractivity contribution in [1.29, 1.82) is 0 Å². The molecule has 0 radical (unpaired) electrons. The third-order valence-electron chi connectivity index (χ3n) is 4.82. The third kappa shape index (κ3) is 3.64. The lowest BCUT2D eigenvalue weighted by Gasteiger charge is -2.39. The molecule has 2 aromatic rings. The highest BCUT2D eigenvalue weighted by atomic mass is 32.2. The number of amides is 1. The van der Waals surface area contributed by atoms with Crippen LogP contribution in [0.15, 0.2) is 54.6 Å². The summed E-state index contributed by atoms with van der Waals surface area (Å²) in [6.45, 7) is 4.32. The van der Waals surface area contributed by atoms with Crippen LogP contribution in [0.5, 0.6) is 5.75 Å². The summed E-state index contributed by atoms with van der Waals surface area (Å²) in [5.41, 5.74) is 1.12. The van der Waals surface area contributed by atoms with Crippen molar-refractivity contribution < 1.29 is 17.9 Å². The van der Waals surface area contributed by atoms with Crippen molar-refractivity contribution in [2.45, 2.75) is 31.4 Å². The first-order valence-electron chi connectivity index (χ1n) is 9.00. The highest BCUT2D eigenvalue weighted by Crippen LogP contribution is 2.36. The largest absolute Gasteiger partial charge is 0.494 e. The summed E-state index contributed by atoms with van der Waals surface area (Å²) >= 11 is 0. The second-order valence-corrected chi connectivity index (χ2v) is 8.95. The van der Waals surface area contributed by atoms with Gasteiger partial charge in [0.2, 0.25) is 15.9 Å². The number of carbonyl (C=O) groups excluding carboxylic acids is 1. The van der Waals surface area contributed by atoms with Gasteiger partial charge in [0, 0.05) is 12.2 Å². The van der Waals surface area contributed by atoms with Crippen LogP contribution >= 0.6 is 0 Å². The fourth-order valence-corrected chi connectivity index (χ4v) is 5.15. The number of para-hydroxylation sites is 1. The first kappa shape index (κ1) is 19.2. The minimum atomic E-state index is -3.86. The van der Waals surface area contributed by atoms with Crippen molar-refractivity contribution >= 4 is 27.3 Å². The molecule has 0 aliphatic carbocycles. The molecule has 0 unspecified atom stereocenters. The van der Waals surface area contributed by atoms with E-state index >= 15 is 0 Å². The summed E-state index contributed by atoms with van der Waals surface area (Å²) in [7, 11) is -3.86. The number of rotatable bonds is 5. The van der Waals surface area contributed by atoms with Crippen LogP contribution in [-0.2, 0) is 14.8 Å². The SMILES string of the molecule is CCOc1ccc(NC(=O)[C@]2(C)CCCN(c3ccccc3)S2(=O)=O)cc1. The zero-order valence-corrected chi connectivity index (χ0v) is 16.3. The van der Waals surface area contributed by atoms with Gasteiger partial charge in [0.15, 0.2) is 4.75 Å². The Hall–Kier alpha value is -2.54. The Balaban J connectivity index is 1.84. The molecular weight excluding hydrogens is 364 g/mol. The van der Waals surface area contributed by atoms with Crippen molar-refractivity contribution in [1.82, 2.24) is 0 Å². The van der Waals surface area contributed by atoms with Gasteiger partial charge in [-0.25, -0.2) is 8.42 Å². The van der Waals surface area contributed by atoms with E-state index in [4.69, 9.17) is 4.74 Å². The molecule has 1 aliphatic rings. The molecule has 3 rings (SSSR count). The van der Waals surface area contributed by atoms with E-state index in [1.807, 2.05) is 13.0 Å². The number of ether oxygens (including phenoxy) is 1. The fourth-order valence-electron chi connectivity index (χ4n) is 3.21. The molecule has 1 N–H and O–H groups in total. The van der Waals surface area contributed by atoms with Crippen molar-refractivity contribution in [3.63, 3.8) is 0 Å². The van der Waals surface area contributed by atoms with Crippen LogP contribution in [0.3, 0.4) is 0 Å². The van der Waals surface area contributed by atoms with E-state index in [1.165, 1.54) is 11.2 Å². The van der Waals surface area contributed by atoms with E-state index in [0.717, 1.165) is 0 Å². The zero-order valence-electron chi connectivity index (χ0n) is 15.5. The van der Waals surface area contributed by atoms with Crippen LogP contribution in [0, 0.1) is 0 Å². The van der Waals surface area contributed by atoms with Crippen LogP contribution in [-0.4, -0.2) is 32.2 Å². The summed E-state index contributed by atoms with van der Waals surface area (Å²) < 4.78 is 31.7. The molecule has 0 spiro atoms. The third-order valence-corrected chi connectivity index (χ3v) is 7.32. The number of hydrogen-bond donors (Lipinski definition) is 1. The maximum absolute atomic E-state index is 13.3. The second-order valence-electron chi connectivity index (χ2n) is 6.66. The topological polar surface area (TPSA) is 75.7 Å². The van der Waals surface area contributed by atoms with E-state index in [0.29, 0.717) is 36.7 Å². The molecular formula is C20H24N2O4S. The molecule has 0 saturated carbocycles. The fraction of sp³-hybridized carbons (Fsp3) is 0.350. The number of carbonyl (C=O) groups is 1. The maximum atomic E-state index is 13.3. The monoisotopic (exact) mass is 388 g/mol. The molecule has 1 aliphatic heterocycles. The Kier molecular flexibility index (Phi) is 5.41. The zero-order chi connectivity index (χ0) is 19.5. The van der Waals surface area contributed by atoms with Gasteiger partial charge in [-0.1, -0.05) is 18.2 Å². The number of nitrogens with one attached hydrogen (secondary N) is 1. The minimum absolute atomic E-state index is 0.279. The Labute approximate surface area is 160 Å². The molecule has 0 bridgehead atoms. The first-order chi connectivity index (χ1) is 12.9. The van der Waals surface area contributed by atoms with E-state index < -0.39 is 20.7 Å². The lowest BCUT2D eigenvalue weighted by atomic mass is 10.0. The van der Waals surface area contributed by atoms with Gasteiger partial charge in [-0.2, -0.15) is 0 Å². The van der Waals surface area contributed by atoms with E-state index in [-0.39, 0.29) is 6.42 Å². The van der Waals surface area contributed by atoms with Gasteiger partial charge in [-0.05, 0) is 63.1 Å². The molecule has 2 aromatic carbocycles. The molecule has 27 heavy (non-hydrogen) atoms. The molecule has 1 fully saturated rings. The van der Waals surface area contributed by atoms with Crippen molar-refractivity contribution in [3.05, 3.63) is 54.6 Å². The predicted octanol–water partition coefficient (Wildman–Crippen LogP) is 3.41. The second kappa shape index (κ2) is 7.60. The Morgan fingerprint density at radius 1 is 1.15 bits per heavy atom. The van der Waals surface area contributed by atoms with Gasteiger partial charge in [0.25, 0.3) is 0 Å². The van der Waals surface area contributed by atoms with Crippen LogP contribution in [0.2, 0.25) is 0 Å². The summed E-state index contributed by atoms with van der Waals surface area (Å²) in [4.78, 5) is 12.9. The van der Waals surface area contributed by atoms with Crippen LogP contribution in [0.1, 0.15) is 26.7 Å². The lowest BCUT2D eigenvalue weighted by molar-refractivity contribution is -0.118. The molecule has 144 valence electrons. The van der Waals surface area contributed by atoms with E-state index in [2.05, 4.69) is 5.32 Å². The van der Waals surface area contributed by atoms with Crippen molar-refractivity contribution in [2.24, 2.45) is 0 Å². The normalized spacial score (nSPS) is 21.5.